The predicted octanol–water partition coefficient (Wildman–Crippen LogP) is 4.81. The van der Waals surface area contributed by atoms with Crippen molar-refractivity contribution < 1.29 is 4.42 Å². The van der Waals surface area contributed by atoms with Gasteiger partial charge in [0.15, 0.2) is 5.22 Å². The molecule has 108 valence electrons. The van der Waals surface area contributed by atoms with Crippen molar-refractivity contribution in [3.63, 3.8) is 0 Å². The first kappa shape index (κ1) is 14.2. The Labute approximate surface area is 129 Å². The van der Waals surface area contributed by atoms with E-state index in [4.69, 9.17) is 16.0 Å². The molecule has 0 spiro atoms. The van der Waals surface area contributed by atoms with Gasteiger partial charge in [-0.15, -0.1) is 0 Å². The summed E-state index contributed by atoms with van der Waals surface area (Å²) >= 11 is 6.20. The van der Waals surface area contributed by atoms with Crippen LogP contribution in [0.4, 0.5) is 0 Å². The van der Waals surface area contributed by atoms with Crippen LogP contribution in [0.1, 0.15) is 18.1 Å². The summed E-state index contributed by atoms with van der Waals surface area (Å²) in [7, 11) is 0. The van der Waals surface area contributed by atoms with Crippen LogP contribution in [0.3, 0.4) is 0 Å². The third kappa shape index (κ3) is 3.29. The van der Waals surface area contributed by atoms with Gasteiger partial charge in [0, 0.05) is 23.5 Å². The van der Waals surface area contributed by atoms with Crippen LogP contribution in [0.2, 0.25) is 5.22 Å². The van der Waals surface area contributed by atoms with E-state index in [9.17, 15) is 0 Å². The van der Waals surface area contributed by atoms with Crippen molar-refractivity contribution in [3.05, 3.63) is 70.9 Å². The van der Waals surface area contributed by atoms with Gasteiger partial charge >= 0.3 is 0 Å². The number of furan rings is 1. The van der Waals surface area contributed by atoms with Gasteiger partial charge in [0.25, 0.3) is 0 Å². The summed E-state index contributed by atoms with van der Waals surface area (Å²) in [5, 5.41) is 5.09. The number of rotatable bonds is 5. The van der Waals surface area contributed by atoms with Crippen molar-refractivity contribution >= 4 is 22.6 Å². The van der Waals surface area contributed by atoms with Gasteiger partial charge in [0.1, 0.15) is 5.58 Å². The second-order valence-electron chi connectivity index (χ2n) is 5.32. The highest BCUT2D eigenvalue weighted by Gasteiger charge is 2.12. The minimum absolute atomic E-state index is 0.372. The molecule has 2 nitrogen and oxygen atoms in total. The fourth-order valence-electron chi connectivity index (χ4n) is 2.55. The highest BCUT2D eigenvalue weighted by atomic mass is 35.5. The second kappa shape index (κ2) is 6.33. The smallest absolute Gasteiger partial charge is 0.199 e. The molecule has 2 aromatic carbocycles. The van der Waals surface area contributed by atoms with E-state index in [1.807, 2.05) is 30.3 Å². The zero-order chi connectivity index (χ0) is 14.7. The van der Waals surface area contributed by atoms with E-state index in [1.54, 1.807) is 0 Å². The molecule has 3 heteroatoms. The zero-order valence-corrected chi connectivity index (χ0v) is 12.7. The van der Waals surface area contributed by atoms with Crippen molar-refractivity contribution in [1.82, 2.24) is 5.32 Å². The second-order valence-corrected chi connectivity index (χ2v) is 5.67. The lowest BCUT2D eigenvalue weighted by molar-refractivity contribution is 0.539. The lowest BCUT2D eigenvalue weighted by atomic mass is 10.1. The predicted molar refractivity (Wildman–Crippen MR) is 87.7 cm³/mol. The highest BCUT2D eigenvalue weighted by molar-refractivity contribution is 6.30. The molecule has 1 heterocycles. The third-order valence-corrected chi connectivity index (χ3v) is 3.97. The molecule has 1 aromatic heterocycles. The average molecular weight is 300 g/mol. The quantitative estimate of drug-likeness (QED) is 0.731. The van der Waals surface area contributed by atoms with Gasteiger partial charge in [-0.25, -0.2) is 0 Å². The van der Waals surface area contributed by atoms with Crippen molar-refractivity contribution in [2.75, 3.05) is 0 Å². The molecule has 1 unspecified atom stereocenters. The van der Waals surface area contributed by atoms with E-state index in [1.165, 1.54) is 5.56 Å². The number of hydrogen-bond donors (Lipinski definition) is 1. The van der Waals surface area contributed by atoms with Gasteiger partial charge in [-0.2, -0.15) is 0 Å². The number of fused-ring (bicyclic) bond motifs is 1. The lowest BCUT2D eigenvalue weighted by Gasteiger charge is -2.13. The lowest BCUT2D eigenvalue weighted by Crippen LogP contribution is -2.27. The van der Waals surface area contributed by atoms with E-state index in [2.05, 4.69) is 36.5 Å². The maximum Gasteiger partial charge on any atom is 0.199 e. The van der Waals surface area contributed by atoms with Crippen LogP contribution in [0.5, 0.6) is 0 Å². The van der Waals surface area contributed by atoms with Crippen LogP contribution < -0.4 is 5.32 Å². The van der Waals surface area contributed by atoms with Crippen molar-refractivity contribution in [3.8, 4) is 0 Å². The Morgan fingerprint density at radius 3 is 2.57 bits per heavy atom. The summed E-state index contributed by atoms with van der Waals surface area (Å²) in [4.78, 5) is 0. The summed E-state index contributed by atoms with van der Waals surface area (Å²) in [6.45, 7) is 2.90. The van der Waals surface area contributed by atoms with Gasteiger partial charge in [-0.05, 0) is 36.6 Å². The van der Waals surface area contributed by atoms with Crippen LogP contribution in [0, 0.1) is 0 Å². The summed E-state index contributed by atoms with van der Waals surface area (Å²) in [6, 6.07) is 18.8. The maximum absolute atomic E-state index is 6.20. The molecule has 3 rings (SSSR count). The van der Waals surface area contributed by atoms with Gasteiger partial charge in [-0.1, -0.05) is 48.5 Å². The van der Waals surface area contributed by atoms with Crippen molar-refractivity contribution in [1.29, 1.82) is 0 Å². The summed E-state index contributed by atoms with van der Waals surface area (Å²) in [5.74, 6) is 0. The van der Waals surface area contributed by atoms with Gasteiger partial charge < -0.3 is 9.73 Å². The third-order valence-electron chi connectivity index (χ3n) is 3.66. The average Bonchev–Trinajstić information content (AvgIpc) is 2.81. The van der Waals surface area contributed by atoms with Crippen molar-refractivity contribution in [2.45, 2.75) is 25.9 Å². The number of hydrogen-bond acceptors (Lipinski definition) is 2. The van der Waals surface area contributed by atoms with E-state index in [0.29, 0.717) is 17.8 Å². The molecule has 0 fully saturated rings. The highest BCUT2D eigenvalue weighted by Crippen LogP contribution is 2.29. The minimum atomic E-state index is 0.372. The monoisotopic (exact) mass is 299 g/mol. The summed E-state index contributed by atoms with van der Waals surface area (Å²) in [5.41, 5.74) is 3.21. The zero-order valence-electron chi connectivity index (χ0n) is 12.0. The molecule has 0 amide bonds. The maximum atomic E-state index is 6.20. The summed E-state index contributed by atoms with van der Waals surface area (Å²) < 4.78 is 5.58. The SMILES string of the molecule is CC(Cc1ccccc1)NCc1c(Cl)oc2ccccc12. The minimum Gasteiger partial charge on any atom is -0.444 e. The van der Waals surface area contributed by atoms with Crippen LogP contribution in [0.25, 0.3) is 11.0 Å². The van der Waals surface area contributed by atoms with Crippen LogP contribution in [-0.2, 0) is 13.0 Å². The molecule has 1 atom stereocenters. The Balaban J connectivity index is 1.67. The normalized spacial score (nSPS) is 12.7. The van der Waals surface area contributed by atoms with Gasteiger partial charge in [0.05, 0.1) is 0 Å². The molecular formula is C18H18ClNO. The van der Waals surface area contributed by atoms with E-state index in [0.717, 1.165) is 23.0 Å². The Bertz CT molecular complexity index is 720. The topological polar surface area (TPSA) is 25.2 Å². The van der Waals surface area contributed by atoms with Gasteiger partial charge in [0.2, 0.25) is 0 Å². The Kier molecular flexibility index (Phi) is 4.28. The first-order valence-electron chi connectivity index (χ1n) is 7.17. The van der Waals surface area contributed by atoms with Crippen molar-refractivity contribution in [2.24, 2.45) is 0 Å². The molecule has 0 aliphatic heterocycles. The molecule has 3 aromatic rings. The van der Waals surface area contributed by atoms with E-state index in [-0.39, 0.29) is 0 Å². The molecule has 1 N–H and O–H groups in total. The van der Waals surface area contributed by atoms with Crippen LogP contribution in [-0.4, -0.2) is 6.04 Å². The number of nitrogens with one attached hydrogen (secondary N) is 1. The molecular weight excluding hydrogens is 282 g/mol. The Morgan fingerprint density at radius 2 is 1.76 bits per heavy atom. The molecule has 0 saturated carbocycles. The summed E-state index contributed by atoms with van der Waals surface area (Å²) in [6.07, 6.45) is 0.994. The molecule has 21 heavy (non-hydrogen) atoms. The molecule has 0 aliphatic carbocycles. The molecule has 0 saturated heterocycles. The van der Waals surface area contributed by atoms with Crippen LogP contribution >= 0.6 is 11.6 Å². The van der Waals surface area contributed by atoms with Gasteiger partial charge in [-0.3, -0.25) is 0 Å². The molecule has 0 bridgehead atoms. The van der Waals surface area contributed by atoms with E-state index >= 15 is 0 Å². The number of para-hydroxylation sites is 1. The number of halogens is 1. The Hall–Kier alpha value is -1.77. The Morgan fingerprint density at radius 1 is 1.05 bits per heavy atom. The fraction of sp³-hybridized carbons (Fsp3) is 0.222. The van der Waals surface area contributed by atoms with Crippen LogP contribution in [0.15, 0.2) is 59.0 Å². The number of benzene rings is 2. The first-order chi connectivity index (χ1) is 10.2. The first-order valence-corrected chi connectivity index (χ1v) is 7.55. The van der Waals surface area contributed by atoms with E-state index < -0.39 is 0 Å². The largest absolute Gasteiger partial charge is 0.444 e. The molecule has 0 aliphatic rings. The molecule has 0 radical (unpaired) electrons. The fourth-order valence-corrected chi connectivity index (χ4v) is 2.80. The standard InChI is InChI=1S/C18H18ClNO/c1-13(11-14-7-3-2-4-8-14)20-12-16-15-9-5-6-10-17(15)21-18(16)19/h2-10,13,20H,11-12H2,1H3.